The lowest BCUT2D eigenvalue weighted by atomic mass is 10.1. The quantitative estimate of drug-likeness (QED) is 0.356. The van der Waals surface area contributed by atoms with Gasteiger partial charge in [0, 0.05) is 41.4 Å². The number of aromatic amines is 1. The minimum Gasteiger partial charge on any atom is -0.399 e. The summed E-state index contributed by atoms with van der Waals surface area (Å²) in [4.78, 5) is 31.5. The summed E-state index contributed by atoms with van der Waals surface area (Å²) < 4.78 is 1.81. The summed E-state index contributed by atoms with van der Waals surface area (Å²) in [5.41, 5.74) is 11.5. The van der Waals surface area contributed by atoms with E-state index in [4.69, 9.17) is 5.73 Å². The van der Waals surface area contributed by atoms with Gasteiger partial charge in [-0.1, -0.05) is 12.1 Å². The fraction of sp³-hybridized carbons (Fsp3) is 0.0500. The standard InChI is InChI=1S/C20H16N6O2/c21-12-2-1-3-13(10-12)23-20(28)24-14-4-5-15-11(8-14)9-16-17(15)25-19(27)18-22-6-7-26(16)18/h1-8,10H,9,21H2,(H,25,27)(H2,23,24,28). The van der Waals surface area contributed by atoms with E-state index >= 15 is 0 Å². The maximum Gasteiger partial charge on any atom is 0.323 e. The van der Waals surface area contributed by atoms with Crippen LogP contribution in [0.2, 0.25) is 0 Å². The van der Waals surface area contributed by atoms with Crippen LogP contribution in [0.3, 0.4) is 0 Å². The molecule has 2 aromatic heterocycles. The van der Waals surface area contributed by atoms with Crippen LogP contribution in [-0.4, -0.2) is 20.4 Å². The van der Waals surface area contributed by atoms with Gasteiger partial charge in [-0.25, -0.2) is 9.78 Å². The summed E-state index contributed by atoms with van der Waals surface area (Å²) in [6.07, 6.45) is 4.04. The molecule has 2 amide bonds. The topological polar surface area (TPSA) is 117 Å². The number of benzene rings is 2. The summed E-state index contributed by atoms with van der Waals surface area (Å²) in [6, 6.07) is 12.2. The first-order chi connectivity index (χ1) is 13.6. The van der Waals surface area contributed by atoms with Crippen LogP contribution in [0.15, 0.2) is 59.7 Å². The molecular formula is C20H16N6O2. The van der Waals surface area contributed by atoms with Crippen molar-refractivity contribution in [2.24, 2.45) is 0 Å². The largest absolute Gasteiger partial charge is 0.399 e. The Bertz CT molecular complexity index is 1300. The van der Waals surface area contributed by atoms with E-state index in [0.717, 1.165) is 22.5 Å². The number of H-pyrrole nitrogens is 1. The van der Waals surface area contributed by atoms with Crippen LogP contribution in [0, 0.1) is 0 Å². The molecule has 4 aromatic rings. The van der Waals surface area contributed by atoms with E-state index in [2.05, 4.69) is 20.6 Å². The molecule has 8 heteroatoms. The Morgan fingerprint density at radius 2 is 1.96 bits per heavy atom. The number of urea groups is 1. The van der Waals surface area contributed by atoms with Gasteiger partial charge in [0.05, 0.1) is 11.4 Å². The zero-order chi connectivity index (χ0) is 19.3. The van der Waals surface area contributed by atoms with Gasteiger partial charge in [0.2, 0.25) is 5.65 Å². The highest BCUT2D eigenvalue weighted by Crippen LogP contribution is 2.35. The summed E-state index contributed by atoms with van der Waals surface area (Å²) in [6.45, 7) is 0. The number of nitrogen functional groups attached to an aromatic ring is 1. The minimum absolute atomic E-state index is 0.222. The molecule has 138 valence electrons. The van der Waals surface area contributed by atoms with Crippen LogP contribution in [0.4, 0.5) is 21.9 Å². The molecule has 2 heterocycles. The Morgan fingerprint density at radius 3 is 2.79 bits per heavy atom. The van der Waals surface area contributed by atoms with Gasteiger partial charge in [0.25, 0.3) is 5.56 Å². The van der Waals surface area contributed by atoms with Crippen LogP contribution in [0.1, 0.15) is 11.3 Å². The third-order valence-corrected chi connectivity index (χ3v) is 4.80. The molecule has 8 nitrogen and oxygen atoms in total. The van der Waals surface area contributed by atoms with Gasteiger partial charge >= 0.3 is 6.03 Å². The van der Waals surface area contributed by atoms with E-state index in [1.807, 2.05) is 22.6 Å². The second-order valence-corrected chi connectivity index (χ2v) is 6.65. The SMILES string of the molecule is Nc1cccc(NC(=O)Nc2ccc3c(c2)Cc2c-3[nH]c(=O)c3nccn23)c1. The molecule has 0 bridgehead atoms. The first-order valence-electron chi connectivity index (χ1n) is 8.73. The van der Waals surface area contributed by atoms with Crippen molar-refractivity contribution in [2.75, 3.05) is 16.4 Å². The van der Waals surface area contributed by atoms with Crippen molar-refractivity contribution in [1.82, 2.24) is 14.4 Å². The molecule has 0 radical (unpaired) electrons. The number of aromatic nitrogens is 3. The summed E-state index contributed by atoms with van der Waals surface area (Å²) in [7, 11) is 0. The number of carbonyl (C=O) groups is 1. The number of amides is 2. The van der Waals surface area contributed by atoms with Crippen LogP contribution in [0.5, 0.6) is 0 Å². The Hall–Kier alpha value is -4.07. The molecule has 0 saturated heterocycles. The molecule has 0 fully saturated rings. The molecule has 0 aliphatic heterocycles. The molecule has 5 rings (SSSR count). The zero-order valence-electron chi connectivity index (χ0n) is 14.7. The average Bonchev–Trinajstić information content (AvgIpc) is 3.26. The lowest BCUT2D eigenvalue weighted by Gasteiger charge is -2.09. The van der Waals surface area contributed by atoms with Gasteiger partial charge in [-0.15, -0.1) is 0 Å². The predicted octanol–water partition coefficient (Wildman–Crippen LogP) is 2.82. The van der Waals surface area contributed by atoms with Gasteiger partial charge in [0.15, 0.2) is 0 Å². The number of carbonyl (C=O) groups excluding carboxylic acids is 1. The van der Waals surface area contributed by atoms with E-state index < -0.39 is 0 Å². The number of nitrogens with zero attached hydrogens (tertiary/aromatic N) is 2. The van der Waals surface area contributed by atoms with Crippen LogP contribution in [-0.2, 0) is 6.42 Å². The van der Waals surface area contributed by atoms with E-state index in [-0.39, 0.29) is 11.6 Å². The van der Waals surface area contributed by atoms with Crippen molar-refractivity contribution in [3.05, 3.63) is 76.5 Å². The molecular weight excluding hydrogens is 356 g/mol. The van der Waals surface area contributed by atoms with Crippen molar-refractivity contribution < 1.29 is 4.79 Å². The van der Waals surface area contributed by atoms with Crippen molar-refractivity contribution in [1.29, 1.82) is 0 Å². The first-order valence-corrected chi connectivity index (χ1v) is 8.73. The number of nitrogens with one attached hydrogen (secondary N) is 3. The average molecular weight is 372 g/mol. The Labute approximate surface area is 159 Å². The summed E-state index contributed by atoms with van der Waals surface area (Å²) in [5.74, 6) is 0. The summed E-state index contributed by atoms with van der Waals surface area (Å²) in [5, 5.41) is 5.58. The molecule has 1 aliphatic carbocycles. The Kier molecular flexibility index (Phi) is 3.45. The van der Waals surface area contributed by atoms with E-state index in [1.165, 1.54) is 0 Å². The number of imidazole rings is 1. The van der Waals surface area contributed by atoms with Crippen LogP contribution in [0.25, 0.3) is 16.9 Å². The number of hydrogen-bond acceptors (Lipinski definition) is 4. The van der Waals surface area contributed by atoms with Gasteiger partial charge < -0.3 is 21.4 Å². The number of anilines is 3. The van der Waals surface area contributed by atoms with Crippen molar-refractivity contribution in [2.45, 2.75) is 6.42 Å². The fourth-order valence-corrected chi connectivity index (χ4v) is 3.60. The van der Waals surface area contributed by atoms with E-state index in [0.29, 0.717) is 29.1 Å². The smallest absolute Gasteiger partial charge is 0.323 e. The normalized spacial score (nSPS) is 11.9. The van der Waals surface area contributed by atoms with Crippen molar-refractivity contribution >= 4 is 28.7 Å². The molecule has 5 N–H and O–H groups in total. The highest BCUT2D eigenvalue weighted by atomic mass is 16.2. The number of hydrogen-bond donors (Lipinski definition) is 4. The maximum absolute atomic E-state index is 12.3. The third kappa shape index (κ3) is 2.59. The molecule has 2 aromatic carbocycles. The molecule has 0 spiro atoms. The van der Waals surface area contributed by atoms with Gasteiger partial charge in [-0.2, -0.15) is 0 Å². The second kappa shape index (κ2) is 5.98. The van der Waals surface area contributed by atoms with E-state index in [1.54, 1.807) is 36.7 Å². The van der Waals surface area contributed by atoms with Gasteiger partial charge in [-0.3, -0.25) is 9.20 Å². The molecule has 1 aliphatic rings. The Balaban J connectivity index is 1.41. The maximum atomic E-state index is 12.3. The molecule has 28 heavy (non-hydrogen) atoms. The van der Waals surface area contributed by atoms with Gasteiger partial charge in [-0.05, 0) is 35.9 Å². The number of fused-ring (bicyclic) bond motifs is 5. The number of rotatable bonds is 2. The second-order valence-electron chi connectivity index (χ2n) is 6.65. The van der Waals surface area contributed by atoms with Gasteiger partial charge in [0.1, 0.15) is 0 Å². The molecule has 0 atom stereocenters. The van der Waals surface area contributed by atoms with E-state index in [9.17, 15) is 9.59 Å². The zero-order valence-corrected chi connectivity index (χ0v) is 14.7. The van der Waals surface area contributed by atoms with Crippen molar-refractivity contribution in [3.63, 3.8) is 0 Å². The van der Waals surface area contributed by atoms with Crippen LogP contribution >= 0.6 is 0 Å². The fourth-order valence-electron chi connectivity index (χ4n) is 3.60. The molecule has 0 saturated carbocycles. The number of nitrogens with two attached hydrogens (primary N) is 1. The first kappa shape index (κ1) is 16.1. The monoisotopic (exact) mass is 372 g/mol. The van der Waals surface area contributed by atoms with Crippen LogP contribution < -0.4 is 21.9 Å². The van der Waals surface area contributed by atoms with Crippen molar-refractivity contribution in [3.8, 4) is 11.3 Å². The Morgan fingerprint density at radius 1 is 1.14 bits per heavy atom. The lowest BCUT2D eigenvalue weighted by Crippen LogP contribution is -2.19. The highest BCUT2D eigenvalue weighted by Gasteiger charge is 2.23. The minimum atomic E-state index is -0.355. The third-order valence-electron chi connectivity index (χ3n) is 4.80. The molecule has 0 unspecified atom stereocenters. The predicted molar refractivity (Wildman–Crippen MR) is 108 cm³/mol. The lowest BCUT2D eigenvalue weighted by molar-refractivity contribution is 0.262. The summed E-state index contributed by atoms with van der Waals surface area (Å²) >= 11 is 0. The highest BCUT2D eigenvalue weighted by molar-refractivity contribution is 6.00.